The summed E-state index contributed by atoms with van der Waals surface area (Å²) in [7, 11) is 0. The number of hydrogen-bond acceptors (Lipinski definition) is 3. The molecule has 94 valence electrons. The van der Waals surface area contributed by atoms with Crippen LogP contribution < -0.4 is 11.1 Å². The van der Waals surface area contributed by atoms with Gasteiger partial charge < -0.3 is 11.1 Å². The molecule has 1 aromatic rings. The third-order valence-electron chi connectivity index (χ3n) is 3.45. The maximum absolute atomic E-state index is 10.8. The number of rotatable bonds is 5. The Kier molecular flexibility index (Phi) is 3.66. The zero-order valence-corrected chi connectivity index (χ0v) is 10.2. The monoisotopic (exact) mass is 236 g/mol. The van der Waals surface area contributed by atoms with E-state index in [0.717, 1.165) is 11.6 Å². The van der Waals surface area contributed by atoms with Crippen molar-refractivity contribution < 1.29 is 4.79 Å². The first-order valence-electron chi connectivity index (χ1n) is 6.22. The third kappa shape index (κ3) is 3.22. The molecule has 5 nitrogen and oxygen atoms in total. The molecule has 1 aliphatic carbocycles. The molecule has 0 saturated heterocycles. The topological polar surface area (TPSA) is 72.9 Å². The number of nitrogens with two attached hydrogens (primary N) is 1. The zero-order valence-electron chi connectivity index (χ0n) is 10.2. The second kappa shape index (κ2) is 5.21. The Bertz CT molecular complexity index is 382. The van der Waals surface area contributed by atoms with Crippen LogP contribution in [0.2, 0.25) is 0 Å². The maximum Gasteiger partial charge on any atom is 0.239 e. The van der Waals surface area contributed by atoms with E-state index in [2.05, 4.69) is 17.3 Å². The average molecular weight is 236 g/mol. The number of primary amides is 1. The van der Waals surface area contributed by atoms with Crippen molar-refractivity contribution in [1.29, 1.82) is 0 Å². The molecule has 1 atom stereocenters. The van der Waals surface area contributed by atoms with Crippen molar-refractivity contribution >= 4 is 11.6 Å². The Labute approximate surface area is 101 Å². The predicted molar refractivity (Wildman–Crippen MR) is 66.5 cm³/mol. The first-order valence-corrected chi connectivity index (χ1v) is 6.22. The van der Waals surface area contributed by atoms with Crippen molar-refractivity contribution in [3.05, 3.63) is 12.4 Å². The second-order valence-electron chi connectivity index (χ2n) is 4.87. The maximum atomic E-state index is 10.8. The van der Waals surface area contributed by atoms with E-state index in [0.29, 0.717) is 6.04 Å². The van der Waals surface area contributed by atoms with Gasteiger partial charge in [-0.2, -0.15) is 5.10 Å². The molecule has 1 heterocycles. The lowest BCUT2D eigenvalue weighted by atomic mass is 10.00. The Morgan fingerprint density at radius 3 is 3.00 bits per heavy atom. The van der Waals surface area contributed by atoms with E-state index >= 15 is 0 Å². The highest BCUT2D eigenvalue weighted by molar-refractivity contribution is 5.73. The van der Waals surface area contributed by atoms with Gasteiger partial charge in [-0.15, -0.1) is 0 Å². The standard InChI is InChI=1S/C12H20N4O/c1-9(10-4-2-3-5-10)15-11-6-14-16(7-11)8-12(13)17/h6-7,9-10,15H,2-5,8H2,1H3,(H2,13,17). The fourth-order valence-corrected chi connectivity index (χ4v) is 2.52. The highest BCUT2D eigenvalue weighted by Gasteiger charge is 2.21. The molecule has 1 aliphatic rings. The summed E-state index contributed by atoms with van der Waals surface area (Å²) in [5.74, 6) is 0.387. The van der Waals surface area contributed by atoms with E-state index in [9.17, 15) is 4.79 Å². The van der Waals surface area contributed by atoms with Gasteiger partial charge in [0.1, 0.15) is 6.54 Å². The molecule has 1 aromatic heterocycles. The fraction of sp³-hybridized carbons (Fsp3) is 0.667. The van der Waals surface area contributed by atoms with Crippen LogP contribution in [-0.2, 0) is 11.3 Å². The minimum Gasteiger partial charge on any atom is -0.380 e. The lowest BCUT2D eigenvalue weighted by Gasteiger charge is -2.20. The lowest BCUT2D eigenvalue weighted by Crippen LogP contribution is -2.23. The predicted octanol–water partition coefficient (Wildman–Crippen LogP) is 1.36. The minimum absolute atomic E-state index is 0.138. The summed E-state index contributed by atoms with van der Waals surface area (Å²) in [5.41, 5.74) is 6.08. The highest BCUT2D eigenvalue weighted by atomic mass is 16.1. The van der Waals surface area contributed by atoms with Crippen LogP contribution >= 0.6 is 0 Å². The van der Waals surface area contributed by atoms with Crippen molar-refractivity contribution in [3.63, 3.8) is 0 Å². The second-order valence-corrected chi connectivity index (χ2v) is 4.87. The molecule has 1 unspecified atom stereocenters. The fourth-order valence-electron chi connectivity index (χ4n) is 2.52. The van der Waals surface area contributed by atoms with Crippen molar-refractivity contribution in [2.75, 3.05) is 5.32 Å². The van der Waals surface area contributed by atoms with Gasteiger partial charge in [-0.25, -0.2) is 0 Å². The van der Waals surface area contributed by atoms with Gasteiger partial charge in [0.15, 0.2) is 0 Å². The van der Waals surface area contributed by atoms with Crippen LogP contribution in [0.5, 0.6) is 0 Å². The van der Waals surface area contributed by atoms with Crippen LogP contribution in [0.1, 0.15) is 32.6 Å². The molecule has 5 heteroatoms. The van der Waals surface area contributed by atoms with E-state index in [1.54, 1.807) is 10.9 Å². The molecule has 17 heavy (non-hydrogen) atoms. The van der Waals surface area contributed by atoms with Crippen molar-refractivity contribution in [3.8, 4) is 0 Å². The molecule has 1 saturated carbocycles. The van der Waals surface area contributed by atoms with E-state index < -0.39 is 0 Å². The quantitative estimate of drug-likeness (QED) is 0.810. The van der Waals surface area contributed by atoms with E-state index in [1.807, 2.05) is 6.20 Å². The number of carbonyl (C=O) groups excluding carboxylic acids is 1. The Morgan fingerprint density at radius 2 is 2.35 bits per heavy atom. The van der Waals surface area contributed by atoms with Crippen LogP contribution in [0.4, 0.5) is 5.69 Å². The third-order valence-corrected chi connectivity index (χ3v) is 3.45. The number of carbonyl (C=O) groups is 1. The van der Waals surface area contributed by atoms with Crippen LogP contribution in [0.3, 0.4) is 0 Å². The van der Waals surface area contributed by atoms with Gasteiger partial charge in [-0.1, -0.05) is 12.8 Å². The van der Waals surface area contributed by atoms with Crippen LogP contribution in [0.15, 0.2) is 12.4 Å². The number of anilines is 1. The largest absolute Gasteiger partial charge is 0.380 e. The summed E-state index contributed by atoms with van der Waals surface area (Å²) in [6, 6.07) is 0.462. The molecule has 0 aliphatic heterocycles. The molecule has 0 bridgehead atoms. The van der Waals surface area contributed by atoms with Gasteiger partial charge in [-0.3, -0.25) is 9.48 Å². The molecule has 0 spiro atoms. The first-order chi connectivity index (χ1) is 8.15. The van der Waals surface area contributed by atoms with Crippen molar-refractivity contribution in [1.82, 2.24) is 9.78 Å². The molecule has 0 aromatic carbocycles. The lowest BCUT2D eigenvalue weighted by molar-refractivity contribution is -0.118. The average Bonchev–Trinajstić information content (AvgIpc) is 2.87. The molecule has 2 rings (SSSR count). The molecule has 0 radical (unpaired) electrons. The Balaban J connectivity index is 1.89. The normalized spacial score (nSPS) is 18.2. The van der Waals surface area contributed by atoms with Crippen LogP contribution in [0, 0.1) is 5.92 Å². The smallest absolute Gasteiger partial charge is 0.239 e. The van der Waals surface area contributed by atoms with Gasteiger partial charge in [-0.05, 0) is 25.7 Å². The van der Waals surface area contributed by atoms with Gasteiger partial charge in [0, 0.05) is 12.2 Å². The number of amides is 1. The van der Waals surface area contributed by atoms with E-state index in [-0.39, 0.29) is 12.5 Å². The number of nitrogens with one attached hydrogen (secondary N) is 1. The highest BCUT2D eigenvalue weighted by Crippen LogP contribution is 2.29. The number of aromatic nitrogens is 2. The van der Waals surface area contributed by atoms with Crippen LogP contribution in [0.25, 0.3) is 0 Å². The van der Waals surface area contributed by atoms with Gasteiger partial charge in [0.05, 0.1) is 11.9 Å². The molecule has 1 fully saturated rings. The zero-order chi connectivity index (χ0) is 12.3. The molecular formula is C12H20N4O. The Morgan fingerprint density at radius 1 is 1.65 bits per heavy atom. The van der Waals surface area contributed by atoms with Crippen molar-refractivity contribution in [2.24, 2.45) is 11.7 Å². The van der Waals surface area contributed by atoms with Gasteiger partial charge in [0.25, 0.3) is 0 Å². The van der Waals surface area contributed by atoms with E-state index in [4.69, 9.17) is 5.73 Å². The van der Waals surface area contributed by atoms with E-state index in [1.165, 1.54) is 25.7 Å². The van der Waals surface area contributed by atoms with Gasteiger partial charge >= 0.3 is 0 Å². The molecular weight excluding hydrogens is 216 g/mol. The summed E-state index contributed by atoms with van der Waals surface area (Å²) in [6.07, 6.45) is 8.88. The minimum atomic E-state index is -0.372. The first kappa shape index (κ1) is 12.0. The van der Waals surface area contributed by atoms with Gasteiger partial charge in [0.2, 0.25) is 5.91 Å². The summed E-state index contributed by atoms with van der Waals surface area (Å²) in [5, 5.41) is 7.53. The Hall–Kier alpha value is -1.52. The van der Waals surface area contributed by atoms with Crippen LogP contribution in [-0.4, -0.2) is 21.7 Å². The summed E-state index contributed by atoms with van der Waals surface area (Å²) < 4.78 is 1.56. The van der Waals surface area contributed by atoms with Crippen molar-refractivity contribution in [2.45, 2.75) is 45.2 Å². The SMILES string of the molecule is CC(Nc1cnn(CC(N)=O)c1)C1CCCC1. The molecule has 3 N–H and O–H groups in total. The summed E-state index contributed by atoms with van der Waals surface area (Å²) >= 11 is 0. The summed E-state index contributed by atoms with van der Waals surface area (Å²) in [4.78, 5) is 10.8. The molecule has 1 amide bonds. The number of hydrogen-bond donors (Lipinski definition) is 2. The summed E-state index contributed by atoms with van der Waals surface area (Å²) in [6.45, 7) is 2.35. The number of nitrogens with zero attached hydrogens (tertiary/aromatic N) is 2.